The zero-order valence-corrected chi connectivity index (χ0v) is 21.8. The summed E-state index contributed by atoms with van der Waals surface area (Å²) in [7, 11) is -3.95. The number of hydrogen-bond donors (Lipinski definition) is 3. The molecule has 192 valence electrons. The van der Waals surface area contributed by atoms with E-state index in [-0.39, 0.29) is 6.16 Å². The number of nitriles is 1. The molecule has 1 heterocycles. The highest BCUT2D eigenvalue weighted by Crippen LogP contribution is 2.34. The van der Waals surface area contributed by atoms with Crippen molar-refractivity contribution in [2.45, 2.75) is 46.1 Å². The average Bonchev–Trinajstić information content (AvgIpc) is 3.36. The van der Waals surface area contributed by atoms with E-state index in [2.05, 4.69) is 37.4 Å². The van der Waals surface area contributed by atoms with Crippen LogP contribution in [0.3, 0.4) is 0 Å². The van der Waals surface area contributed by atoms with E-state index in [1.165, 1.54) is 0 Å². The van der Waals surface area contributed by atoms with Gasteiger partial charge in [-0.3, -0.25) is 4.57 Å². The summed E-state index contributed by atoms with van der Waals surface area (Å²) in [6.07, 6.45) is 6.16. The molecule has 0 fully saturated rings. The third kappa shape index (κ3) is 8.96. The quantitative estimate of drug-likeness (QED) is 0.189. The summed E-state index contributed by atoms with van der Waals surface area (Å²) in [5.74, 6) is 1.28. The van der Waals surface area contributed by atoms with Gasteiger partial charge in [-0.05, 0) is 79.1 Å². The molecule has 1 aromatic heterocycles. The minimum absolute atomic E-state index is 0.118. The van der Waals surface area contributed by atoms with Crippen LogP contribution in [0.15, 0.2) is 59.4 Å². The normalized spacial score (nSPS) is 11.6. The van der Waals surface area contributed by atoms with Gasteiger partial charge >= 0.3 is 7.60 Å². The van der Waals surface area contributed by atoms with Crippen molar-refractivity contribution in [1.82, 2.24) is 5.32 Å². The van der Waals surface area contributed by atoms with Gasteiger partial charge in [-0.2, -0.15) is 5.26 Å². The fraction of sp³-hybridized carbons (Fsp3) is 0.393. The Morgan fingerprint density at radius 3 is 2.61 bits per heavy atom. The summed E-state index contributed by atoms with van der Waals surface area (Å²) in [6, 6.07) is 16.4. The first-order chi connectivity index (χ1) is 17.2. The molecule has 3 N–H and O–H groups in total. The van der Waals surface area contributed by atoms with Crippen LogP contribution in [0.25, 0.3) is 11.1 Å². The molecule has 0 radical (unpaired) electrons. The Bertz CT molecular complexity index is 1200. The highest BCUT2D eigenvalue weighted by atomic mass is 31.2. The number of nitrogens with one attached hydrogen (secondary N) is 1. The molecule has 8 heteroatoms. The highest BCUT2D eigenvalue weighted by Gasteiger charge is 2.12. The van der Waals surface area contributed by atoms with Crippen LogP contribution >= 0.6 is 7.60 Å². The predicted molar refractivity (Wildman–Crippen MR) is 141 cm³/mol. The molecule has 2 aromatic carbocycles. The van der Waals surface area contributed by atoms with E-state index in [0.29, 0.717) is 32.0 Å². The van der Waals surface area contributed by atoms with E-state index in [1.54, 1.807) is 12.5 Å². The van der Waals surface area contributed by atoms with Crippen LogP contribution in [0.2, 0.25) is 0 Å². The summed E-state index contributed by atoms with van der Waals surface area (Å²) in [5, 5.41) is 12.7. The maximum absolute atomic E-state index is 11.0. The second-order valence-corrected chi connectivity index (χ2v) is 11.2. The maximum Gasteiger partial charge on any atom is 0.325 e. The van der Waals surface area contributed by atoms with Crippen molar-refractivity contribution in [3.8, 4) is 22.9 Å². The molecule has 0 bridgehead atoms. The first-order valence-electron chi connectivity index (χ1n) is 12.3. The van der Waals surface area contributed by atoms with Gasteiger partial charge in [0.2, 0.25) is 0 Å². The Morgan fingerprint density at radius 1 is 1.11 bits per heavy atom. The van der Waals surface area contributed by atoms with Crippen LogP contribution in [0.5, 0.6) is 5.75 Å². The van der Waals surface area contributed by atoms with E-state index in [4.69, 9.17) is 18.9 Å². The Morgan fingerprint density at radius 2 is 1.92 bits per heavy atom. The number of nitrogens with zero attached hydrogens (tertiary/aromatic N) is 1. The van der Waals surface area contributed by atoms with Crippen molar-refractivity contribution >= 4 is 7.60 Å². The standard InChI is InChI=1S/C28H35N2O5P/c1-21(2)15-24-8-6-22(16-26(24)18-29)5-3-12-35-28-9-7-23(17-27(28)25-10-13-34-20-25)19-30-11-4-14-36(31,32)33/h6-10,13,16-17,20-21,30H,3-5,11-12,14-15,19H2,1-2H3,(H2,31,32,33). The summed E-state index contributed by atoms with van der Waals surface area (Å²) in [5.41, 5.74) is 5.90. The zero-order valence-electron chi connectivity index (χ0n) is 20.9. The minimum Gasteiger partial charge on any atom is -0.493 e. The van der Waals surface area contributed by atoms with E-state index < -0.39 is 7.60 Å². The molecule has 0 saturated heterocycles. The Labute approximate surface area is 213 Å². The number of ether oxygens (including phenoxy) is 1. The van der Waals surface area contributed by atoms with E-state index in [9.17, 15) is 9.83 Å². The van der Waals surface area contributed by atoms with E-state index in [0.717, 1.165) is 58.4 Å². The summed E-state index contributed by atoms with van der Waals surface area (Å²) >= 11 is 0. The van der Waals surface area contributed by atoms with Gasteiger partial charge in [0, 0.05) is 17.7 Å². The Kier molecular flexibility index (Phi) is 10.3. The van der Waals surface area contributed by atoms with Crippen molar-refractivity contribution < 1.29 is 23.5 Å². The van der Waals surface area contributed by atoms with Gasteiger partial charge in [-0.25, -0.2) is 0 Å². The number of furan rings is 1. The largest absolute Gasteiger partial charge is 0.493 e. The number of rotatable bonds is 14. The van der Waals surface area contributed by atoms with Gasteiger partial charge in [-0.15, -0.1) is 0 Å². The lowest BCUT2D eigenvalue weighted by molar-refractivity contribution is 0.312. The third-order valence-electron chi connectivity index (χ3n) is 5.80. The van der Waals surface area contributed by atoms with Crippen LogP contribution in [-0.4, -0.2) is 29.1 Å². The Hall–Kier alpha value is -2.88. The summed E-state index contributed by atoms with van der Waals surface area (Å²) in [6.45, 7) is 5.96. The first-order valence-corrected chi connectivity index (χ1v) is 14.1. The fourth-order valence-corrected chi connectivity index (χ4v) is 4.63. The van der Waals surface area contributed by atoms with Crippen LogP contribution < -0.4 is 10.1 Å². The number of aryl methyl sites for hydroxylation is 1. The zero-order chi connectivity index (χ0) is 26.0. The fourth-order valence-electron chi connectivity index (χ4n) is 4.06. The molecule has 7 nitrogen and oxygen atoms in total. The molecule has 0 aliphatic rings. The van der Waals surface area contributed by atoms with Crippen molar-refractivity contribution in [2.75, 3.05) is 19.3 Å². The molecule has 3 rings (SSSR count). The van der Waals surface area contributed by atoms with Crippen molar-refractivity contribution in [2.24, 2.45) is 5.92 Å². The van der Waals surface area contributed by atoms with Gasteiger partial charge in [0.05, 0.1) is 36.9 Å². The molecule has 0 saturated carbocycles. The molecular formula is C28H35N2O5P. The number of hydrogen-bond acceptors (Lipinski definition) is 5. The van der Waals surface area contributed by atoms with E-state index in [1.807, 2.05) is 30.3 Å². The molecule has 0 unspecified atom stereocenters. The van der Waals surface area contributed by atoms with Crippen LogP contribution in [0, 0.1) is 17.2 Å². The van der Waals surface area contributed by atoms with Crippen molar-refractivity contribution in [3.63, 3.8) is 0 Å². The van der Waals surface area contributed by atoms with Gasteiger partial charge in [0.25, 0.3) is 0 Å². The van der Waals surface area contributed by atoms with Gasteiger partial charge in [0.1, 0.15) is 5.75 Å². The average molecular weight is 511 g/mol. The van der Waals surface area contributed by atoms with Crippen LogP contribution in [0.4, 0.5) is 0 Å². The molecule has 3 aromatic rings. The number of benzene rings is 2. The van der Waals surface area contributed by atoms with Gasteiger partial charge in [-0.1, -0.05) is 32.0 Å². The van der Waals surface area contributed by atoms with Crippen molar-refractivity contribution in [3.05, 3.63) is 77.2 Å². The molecule has 0 aliphatic carbocycles. The smallest absolute Gasteiger partial charge is 0.325 e. The molecule has 0 aliphatic heterocycles. The SMILES string of the molecule is CC(C)Cc1ccc(CCCOc2ccc(CNCCCP(=O)(O)O)cc2-c2ccoc2)cc1C#N. The summed E-state index contributed by atoms with van der Waals surface area (Å²) < 4.78 is 22.4. The maximum atomic E-state index is 11.0. The van der Waals surface area contributed by atoms with Gasteiger partial charge < -0.3 is 24.3 Å². The van der Waals surface area contributed by atoms with E-state index >= 15 is 0 Å². The molecular weight excluding hydrogens is 475 g/mol. The third-order valence-corrected chi connectivity index (χ3v) is 6.70. The second-order valence-electron chi connectivity index (χ2n) is 9.41. The topological polar surface area (TPSA) is 116 Å². The molecule has 0 atom stereocenters. The lowest BCUT2D eigenvalue weighted by Gasteiger charge is -2.14. The molecule has 0 amide bonds. The van der Waals surface area contributed by atoms with Crippen LogP contribution in [0.1, 0.15) is 48.9 Å². The minimum atomic E-state index is -3.95. The lowest BCUT2D eigenvalue weighted by Crippen LogP contribution is -2.16. The molecule has 36 heavy (non-hydrogen) atoms. The first kappa shape index (κ1) is 27.7. The lowest BCUT2D eigenvalue weighted by atomic mass is 9.96. The second kappa shape index (κ2) is 13.4. The predicted octanol–water partition coefficient (Wildman–Crippen LogP) is 5.69. The van der Waals surface area contributed by atoms with Crippen molar-refractivity contribution in [1.29, 1.82) is 5.26 Å². The van der Waals surface area contributed by atoms with Gasteiger partial charge in [0.15, 0.2) is 0 Å². The summed E-state index contributed by atoms with van der Waals surface area (Å²) in [4.78, 5) is 17.9. The molecule has 0 spiro atoms. The van der Waals surface area contributed by atoms with Crippen LogP contribution in [-0.2, 0) is 24.0 Å². The monoisotopic (exact) mass is 510 g/mol. The Balaban J connectivity index is 1.57. The highest BCUT2D eigenvalue weighted by molar-refractivity contribution is 7.51.